The summed E-state index contributed by atoms with van der Waals surface area (Å²) >= 11 is 0. The Morgan fingerprint density at radius 3 is 1.77 bits per heavy atom. The largest absolute Gasteiger partial charge is 0.508 e. The lowest BCUT2D eigenvalue weighted by Crippen LogP contribution is -2.47. The van der Waals surface area contributed by atoms with Crippen LogP contribution in [-0.2, 0) is 22.4 Å². The van der Waals surface area contributed by atoms with Crippen molar-refractivity contribution >= 4 is 11.8 Å². The Balaban J connectivity index is 0.000000180. The van der Waals surface area contributed by atoms with E-state index in [9.17, 15) is 19.8 Å². The Hall–Kier alpha value is -6.04. The Morgan fingerprint density at radius 2 is 1.20 bits per heavy atom. The van der Waals surface area contributed by atoms with Crippen LogP contribution >= 0.6 is 0 Å². The number of esters is 1. The molecule has 0 amide bonds. The molecule has 6 aliphatic rings. The van der Waals surface area contributed by atoms with Crippen molar-refractivity contribution in [3.8, 4) is 23.0 Å². The second-order valence-corrected chi connectivity index (χ2v) is 20.4. The molecule has 11 atom stereocenters. The molecule has 3 N–H and O–H groups in total. The number of ketones is 1. The third-order valence-electron chi connectivity index (χ3n) is 17.0. The number of aliphatic hydroxyl groups is 2. The predicted octanol–water partition coefficient (Wildman–Crippen LogP) is 11.4. The van der Waals surface area contributed by atoms with Crippen LogP contribution in [0, 0.1) is 34.5 Å². The minimum atomic E-state index is -0.309. The molecule has 0 aliphatic heterocycles. The number of carbonyl (C=O) groups is 2. The lowest BCUT2D eigenvalue weighted by Gasteiger charge is -2.54. The number of Topliss-reactive ketones (excluding diaryl/α,β-unsaturated/α-hetero) is 1. The number of phenolic OH excluding ortho intramolecular Hbond substituents is 1. The van der Waals surface area contributed by atoms with Crippen LogP contribution < -0.4 is 14.2 Å². The highest BCUT2D eigenvalue weighted by Gasteiger charge is 2.59. The molecule has 4 saturated carbocycles. The number of aryl methyl sites for hydroxylation is 2. The lowest BCUT2D eigenvalue weighted by atomic mass is 9.51. The second kappa shape index (κ2) is 21.3. The molecule has 14 heteroatoms. The number of benzene rings is 4. The molecular formula is C55H66N6O8. The van der Waals surface area contributed by atoms with E-state index >= 15 is 0 Å². The molecule has 4 aromatic carbocycles. The van der Waals surface area contributed by atoms with E-state index in [2.05, 4.69) is 70.3 Å². The molecule has 14 nitrogen and oxygen atoms in total. The van der Waals surface area contributed by atoms with Crippen molar-refractivity contribution in [3.63, 3.8) is 0 Å². The number of ether oxygens (including phenoxy) is 3. The fourth-order valence-electron chi connectivity index (χ4n) is 14.1. The molecule has 0 spiro atoms. The van der Waals surface area contributed by atoms with Gasteiger partial charge in [0.15, 0.2) is 0 Å². The summed E-state index contributed by atoms with van der Waals surface area (Å²) in [6.07, 6.45) is 9.37. The van der Waals surface area contributed by atoms with Gasteiger partial charge in [0, 0.05) is 35.7 Å². The zero-order valence-corrected chi connectivity index (χ0v) is 40.2. The van der Waals surface area contributed by atoms with Gasteiger partial charge in [0.05, 0.1) is 32.4 Å². The van der Waals surface area contributed by atoms with Crippen molar-refractivity contribution < 1.29 is 39.1 Å². The third kappa shape index (κ3) is 9.91. The number of rotatable bonds is 11. The van der Waals surface area contributed by atoms with Crippen LogP contribution in [0.3, 0.4) is 0 Å². The molecule has 6 unspecified atom stereocenters. The van der Waals surface area contributed by atoms with Crippen molar-refractivity contribution in [1.29, 1.82) is 0 Å². The Morgan fingerprint density at radius 1 is 0.681 bits per heavy atom. The number of azide groups is 2. The molecule has 0 radical (unpaired) electrons. The highest BCUT2D eigenvalue weighted by atomic mass is 16.5. The fraction of sp³-hybridized carbons (Fsp3) is 0.527. The van der Waals surface area contributed by atoms with Gasteiger partial charge >= 0.3 is 5.97 Å². The minimum Gasteiger partial charge on any atom is -0.508 e. The van der Waals surface area contributed by atoms with Crippen molar-refractivity contribution in [2.24, 2.45) is 44.7 Å². The van der Waals surface area contributed by atoms with Gasteiger partial charge in [0.2, 0.25) is 0 Å². The second-order valence-electron chi connectivity index (χ2n) is 20.4. The number of hydrogen-bond acceptors (Lipinski definition) is 10. The molecule has 69 heavy (non-hydrogen) atoms. The van der Waals surface area contributed by atoms with Gasteiger partial charge in [0.1, 0.15) is 28.8 Å². The first-order valence-electron chi connectivity index (χ1n) is 24.7. The quantitative estimate of drug-likeness (QED) is 0.0327. The first-order chi connectivity index (χ1) is 33.4. The molecule has 10 rings (SSSR count). The molecule has 364 valence electrons. The molecule has 4 fully saturated rings. The third-order valence-corrected chi connectivity index (χ3v) is 17.0. The van der Waals surface area contributed by atoms with E-state index in [1.165, 1.54) is 40.3 Å². The Bertz CT molecular complexity index is 2580. The number of aliphatic hydroxyl groups excluding tert-OH is 2. The number of phenols is 1. The summed E-state index contributed by atoms with van der Waals surface area (Å²) in [6, 6.07) is 28.5. The number of hydrogen-bond donors (Lipinski definition) is 3. The molecule has 4 aromatic rings. The molecule has 6 aliphatic carbocycles. The van der Waals surface area contributed by atoms with E-state index in [0.717, 1.165) is 76.4 Å². The summed E-state index contributed by atoms with van der Waals surface area (Å²) in [6.45, 7) is 7.23. The average molecular weight is 939 g/mol. The number of fused-ring (bicyclic) bond motifs is 10. The predicted molar refractivity (Wildman–Crippen MR) is 262 cm³/mol. The summed E-state index contributed by atoms with van der Waals surface area (Å²) in [7, 11) is 1.00. The summed E-state index contributed by atoms with van der Waals surface area (Å²) in [5.74, 6) is 5.80. The van der Waals surface area contributed by atoms with Crippen molar-refractivity contribution in [1.82, 2.24) is 0 Å². The maximum Gasteiger partial charge on any atom is 0.308 e. The van der Waals surface area contributed by atoms with Gasteiger partial charge in [0.25, 0.3) is 0 Å². The van der Waals surface area contributed by atoms with Crippen molar-refractivity contribution in [2.45, 2.75) is 115 Å². The van der Waals surface area contributed by atoms with Crippen LogP contribution in [0.5, 0.6) is 23.0 Å². The maximum absolute atomic E-state index is 13.1. The fourth-order valence-corrected chi connectivity index (χ4v) is 14.1. The highest BCUT2D eigenvalue weighted by Crippen LogP contribution is 2.66. The van der Waals surface area contributed by atoms with E-state index in [0.29, 0.717) is 91.4 Å². The van der Waals surface area contributed by atoms with Crippen LogP contribution in [-0.4, -0.2) is 66.6 Å². The summed E-state index contributed by atoms with van der Waals surface area (Å²) in [4.78, 5) is 30.1. The smallest absolute Gasteiger partial charge is 0.308 e. The zero-order valence-electron chi connectivity index (χ0n) is 40.2. The SMILES string of the molecule is CC(=O)Oc1ccc2c(c1)CCC1C2[C@@H](c2ccc(OCCN=[N+]=[N-])cc2)C[C@]2(C)C(=O)CCC12.CO.C[C@]12C[C@H](c3ccc(OCCN=[N+]=[N-])cc3)C3c4ccc(O)cc4CCC3C1CC[C@@H]2O. The molecule has 0 heterocycles. The molecule has 0 aromatic heterocycles. The van der Waals surface area contributed by atoms with E-state index in [1.54, 1.807) is 0 Å². The van der Waals surface area contributed by atoms with Gasteiger partial charge < -0.3 is 29.5 Å². The van der Waals surface area contributed by atoms with Gasteiger partial charge in [-0.1, -0.05) is 60.5 Å². The molecular weight excluding hydrogens is 873 g/mol. The number of carbonyl (C=O) groups excluding carboxylic acids is 2. The van der Waals surface area contributed by atoms with Crippen LogP contribution in [0.25, 0.3) is 20.9 Å². The topological polar surface area (TPSA) is 220 Å². The van der Waals surface area contributed by atoms with Crippen LogP contribution in [0.1, 0.15) is 129 Å². The number of nitrogens with zero attached hydrogens (tertiary/aromatic N) is 6. The Labute approximate surface area is 404 Å². The van der Waals surface area contributed by atoms with Crippen molar-refractivity contribution in [3.05, 3.63) is 139 Å². The monoisotopic (exact) mass is 938 g/mol. The average Bonchev–Trinajstić information content (AvgIpc) is 3.84. The van der Waals surface area contributed by atoms with Gasteiger partial charge in [-0.25, -0.2) is 0 Å². The van der Waals surface area contributed by atoms with Crippen LogP contribution in [0.2, 0.25) is 0 Å². The van der Waals surface area contributed by atoms with E-state index in [4.69, 9.17) is 30.4 Å². The van der Waals surface area contributed by atoms with Crippen LogP contribution in [0.15, 0.2) is 95.2 Å². The minimum absolute atomic E-state index is 0.0509. The first-order valence-corrected chi connectivity index (χ1v) is 24.7. The summed E-state index contributed by atoms with van der Waals surface area (Å²) in [5.41, 5.74) is 24.2. The highest BCUT2D eigenvalue weighted by molar-refractivity contribution is 5.87. The van der Waals surface area contributed by atoms with Gasteiger partial charge in [-0.2, -0.15) is 0 Å². The number of aromatic hydroxyl groups is 1. The first kappa shape index (κ1) is 49.4. The summed E-state index contributed by atoms with van der Waals surface area (Å²) in [5, 5.41) is 35.0. The van der Waals surface area contributed by atoms with E-state index in [1.807, 2.05) is 48.5 Å². The van der Waals surface area contributed by atoms with E-state index < -0.39 is 0 Å². The molecule has 0 bridgehead atoms. The van der Waals surface area contributed by atoms with E-state index in [-0.39, 0.29) is 28.8 Å². The van der Waals surface area contributed by atoms with Gasteiger partial charge in [-0.05, 0) is 204 Å². The zero-order chi connectivity index (χ0) is 48.9. The van der Waals surface area contributed by atoms with Crippen molar-refractivity contribution in [2.75, 3.05) is 33.4 Å². The normalized spacial score (nSPS) is 29.9. The summed E-state index contributed by atoms with van der Waals surface area (Å²) < 4.78 is 16.8. The molecule has 0 saturated heterocycles. The van der Waals surface area contributed by atoms with Gasteiger partial charge in [-0.3, -0.25) is 9.59 Å². The van der Waals surface area contributed by atoms with Gasteiger partial charge in [-0.15, -0.1) is 0 Å². The standard InChI is InChI=1S/C28H31N3O4.C26H31N3O3.CH4O/c1-17(32)35-21-8-10-22-19(15-21)5-9-23-25-11-12-26(33)28(25,2)16-24(27(22)23)18-3-6-20(7-4-18)34-14-13-30-31-29;1-26-15-22(16-2-6-19(7-3-16)32-13-12-28-29-27)25-20-9-5-18(30)14-17(20)4-8-21(25)23(26)10-11-24(26)31;1-2/h3-4,6-8,10,15,23-25,27H,5,9,11-14,16H2,1-2H3;2-3,5-7,9,14,21-25,30-31H,4,8,10-13,15H2,1H3;2H,1H3/t23?,24-,25?,27?,28+;21?,22-,23?,24+,25?,26+;/m11./s1. The maximum atomic E-state index is 13.1. The lowest BCUT2D eigenvalue weighted by molar-refractivity contribution is -0.132. The van der Waals surface area contributed by atoms with Crippen LogP contribution in [0.4, 0.5) is 0 Å². The Kier molecular flexibility index (Phi) is 15.2.